The van der Waals surface area contributed by atoms with Crippen molar-refractivity contribution in [1.29, 1.82) is 0 Å². The fourth-order valence-electron chi connectivity index (χ4n) is 2.41. The topological polar surface area (TPSA) is 80.1 Å². The number of amides is 3. The van der Waals surface area contributed by atoms with Gasteiger partial charge in [-0.2, -0.15) is 0 Å². The number of carbonyl (C=O) groups excluding carboxylic acids is 2. The van der Waals surface area contributed by atoms with Crippen molar-refractivity contribution in [3.05, 3.63) is 29.8 Å². The molecule has 3 amide bonds. The second-order valence-electron chi connectivity index (χ2n) is 5.25. The molecule has 120 valence electrons. The molecule has 0 bridgehead atoms. The Hall–Kier alpha value is -2.35. The zero-order valence-electron chi connectivity index (χ0n) is 12.9. The quantitative estimate of drug-likeness (QED) is 0.858. The molecule has 7 nitrogen and oxygen atoms in total. The molecule has 2 heterocycles. The van der Waals surface area contributed by atoms with Gasteiger partial charge in [-0.3, -0.25) is 9.69 Å². The van der Waals surface area contributed by atoms with Gasteiger partial charge in [0.1, 0.15) is 0 Å². The van der Waals surface area contributed by atoms with Gasteiger partial charge < -0.3 is 9.88 Å². The number of aromatic nitrogens is 3. The second kappa shape index (κ2) is 6.41. The van der Waals surface area contributed by atoms with E-state index >= 15 is 0 Å². The molecule has 1 aromatic heterocycles. The van der Waals surface area contributed by atoms with Crippen LogP contribution >= 0.6 is 11.8 Å². The zero-order chi connectivity index (χ0) is 16.4. The summed E-state index contributed by atoms with van der Waals surface area (Å²) in [7, 11) is 1.87. The van der Waals surface area contributed by atoms with Gasteiger partial charge in [-0.15, -0.1) is 10.2 Å². The third-order valence-corrected chi connectivity index (χ3v) is 4.71. The van der Waals surface area contributed by atoms with Gasteiger partial charge in [0.15, 0.2) is 11.0 Å². The fraction of sp³-hybridized carbons (Fsp3) is 0.333. The molecule has 0 unspecified atom stereocenters. The summed E-state index contributed by atoms with van der Waals surface area (Å²) in [4.78, 5) is 24.8. The molecule has 1 aromatic carbocycles. The average Bonchev–Trinajstić information content (AvgIpc) is 3.12. The van der Waals surface area contributed by atoms with Crippen molar-refractivity contribution in [2.75, 3.05) is 18.8 Å². The molecule has 1 aliphatic rings. The number of nitrogens with one attached hydrogen (secondary N) is 1. The van der Waals surface area contributed by atoms with Crippen molar-refractivity contribution in [2.45, 2.75) is 12.1 Å². The Labute approximate surface area is 138 Å². The predicted octanol–water partition coefficient (Wildman–Crippen LogP) is 1.43. The molecular formula is C15H17N5O2S. The van der Waals surface area contributed by atoms with E-state index in [1.807, 2.05) is 42.8 Å². The number of benzene rings is 1. The maximum Gasteiger partial charge on any atom is 0.324 e. The van der Waals surface area contributed by atoms with Crippen LogP contribution in [0.15, 0.2) is 29.4 Å². The maximum atomic E-state index is 12.1. The van der Waals surface area contributed by atoms with Gasteiger partial charge in [-0.05, 0) is 12.5 Å². The molecule has 0 aliphatic carbocycles. The van der Waals surface area contributed by atoms with Crippen LogP contribution in [0.5, 0.6) is 0 Å². The number of carbonyl (C=O) groups is 2. The first kappa shape index (κ1) is 15.5. The third kappa shape index (κ3) is 3.07. The number of hydrogen-bond acceptors (Lipinski definition) is 5. The highest BCUT2D eigenvalue weighted by molar-refractivity contribution is 7.99. The monoisotopic (exact) mass is 331 g/mol. The number of rotatable bonds is 4. The summed E-state index contributed by atoms with van der Waals surface area (Å²) in [5, 5.41) is 11.6. The molecule has 0 spiro atoms. The Bertz CT molecular complexity index is 758. The van der Waals surface area contributed by atoms with Crippen molar-refractivity contribution >= 4 is 23.7 Å². The lowest BCUT2D eigenvalue weighted by Gasteiger charge is -2.11. The maximum absolute atomic E-state index is 12.1. The van der Waals surface area contributed by atoms with Gasteiger partial charge in [0, 0.05) is 25.7 Å². The zero-order valence-corrected chi connectivity index (χ0v) is 13.8. The highest BCUT2D eigenvalue weighted by Crippen LogP contribution is 2.25. The molecule has 0 radical (unpaired) electrons. The van der Waals surface area contributed by atoms with Crippen molar-refractivity contribution in [3.8, 4) is 11.4 Å². The first-order valence-electron chi connectivity index (χ1n) is 7.24. The first-order chi connectivity index (χ1) is 11.1. The normalized spacial score (nSPS) is 14.2. The van der Waals surface area contributed by atoms with Gasteiger partial charge >= 0.3 is 6.03 Å². The van der Waals surface area contributed by atoms with E-state index in [2.05, 4.69) is 15.5 Å². The van der Waals surface area contributed by atoms with Crippen LogP contribution < -0.4 is 5.32 Å². The molecular weight excluding hydrogens is 314 g/mol. The summed E-state index contributed by atoms with van der Waals surface area (Å²) in [6, 6.07) is 7.62. The van der Waals surface area contributed by atoms with Gasteiger partial charge in [-0.1, -0.05) is 36.0 Å². The molecule has 0 saturated carbocycles. The van der Waals surface area contributed by atoms with Crippen molar-refractivity contribution < 1.29 is 9.59 Å². The summed E-state index contributed by atoms with van der Waals surface area (Å²) in [6.45, 7) is 2.95. The third-order valence-electron chi connectivity index (χ3n) is 3.70. The number of aryl methyl sites for hydroxylation is 1. The summed E-state index contributed by atoms with van der Waals surface area (Å²) in [6.07, 6.45) is 0. The van der Waals surface area contributed by atoms with Crippen LogP contribution in [0.3, 0.4) is 0 Å². The smallest absolute Gasteiger partial charge is 0.324 e. The SMILES string of the molecule is Cc1ccccc1-c1nnc(SCC(=O)N2CCNC2=O)n1C. The Morgan fingerprint density at radius 2 is 2.13 bits per heavy atom. The van der Waals surface area contributed by atoms with E-state index in [9.17, 15) is 9.59 Å². The summed E-state index contributed by atoms with van der Waals surface area (Å²) in [5.74, 6) is 0.704. The van der Waals surface area contributed by atoms with E-state index in [4.69, 9.17) is 0 Å². The molecule has 0 atom stereocenters. The highest BCUT2D eigenvalue weighted by Gasteiger charge is 2.26. The van der Waals surface area contributed by atoms with E-state index in [0.717, 1.165) is 17.0 Å². The van der Waals surface area contributed by atoms with E-state index in [0.29, 0.717) is 18.2 Å². The van der Waals surface area contributed by atoms with Crippen LogP contribution in [0.1, 0.15) is 5.56 Å². The van der Waals surface area contributed by atoms with Crippen LogP contribution in [0.25, 0.3) is 11.4 Å². The highest BCUT2D eigenvalue weighted by atomic mass is 32.2. The van der Waals surface area contributed by atoms with Crippen LogP contribution in [-0.2, 0) is 11.8 Å². The Balaban J connectivity index is 1.72. The second-order valence-corrected chi connectivity index (χ2v) is 6.19. The number of nitrogens with zero attached hydrogens (tertiary/aromatic N) is 4. The van der Waals surface area contributed by atoms with Gasteiger partial charge in [-0.25, -0.2) is 4.79 Å². The first-order valence-corrected chi connectivity index (χ1v) is 8.23. The minimum Gasteiger partial charge on any atom is -0.336 e. The summed E-state index contributed by atoms with van der Waals surface area (Å²) < 4.78 is 1.87. The minimum absolute atomic E-state index is 0.160. The van der Waals surface area contributed by atoms with Gasteiger partial charge in [0.05, 0.1) is 5.75 Å². The van der Waals surface area contributed by atoms with E-state index < -0.39 is 0 Å². The van der Waals surface area contributed by atoms with Gasteiger partial charge in [0.25, 0.3) is 0 Å². The molecule has 8 heteroatoms. The molecule has 3 rings (SSSR count). The van der Waals surface area contributed by atoms with Crippen LogP contribution in [0.4, 0.5) is 4.79 Å². The molecule has 1 aliphatic heterocycles. The summed E-state index contributed by atoms with van der Waals surface area (Å²) >= 11 is 1.28. The molecule has 1 saturated heterocycles. The van der Waals surface area contributed by atoms with Crippen molar-refractivity contribution in [3.63, 3.8) is 0 Å². The number of hydrogen-bond donors (Lipinski definition) is 1. The minimum atomic E-state index is -0.325. The average molecular weight is 331 g/mol. The van der Waals surface area contributed by atoms with Crippen LogP contribution in [0.2, 0.25) is 0 Å². The van der Waals surface area contributed by atoms with E-state index in [-0.39, 0.29) is 17.7 Å². The lowest BCUT2D eigenvalue weighted by atomic mass is 10.1. The predicted molar refractivity (Wildman–Crippen MR) is 87.0 cm³/mol. The number of imide groups is 1. The molecule has 23 heavy (non-hydrogen) atoms. The lowest BCUT2D eigenvalue weighted by molar-refractivity contribution is -0.124. The fourth-order valence-corrected chi connectivity index (χ4v) is 3.20. The van der Waals surface area contributed by atoms with E-state index in [1.54, 1.807) is 0 Å². The Morgan fingerprint density at radius 3 is 2.83 bits per heavy atom. The van der Waals surface area contributed by atoms with E-state index in [1.165, 1.54) is 16.7 Å². The molecule has 1 fully saturated rings. The Kier molecular flexibility index (Phi) is 4.33. The number of thioether (sulfide) groups is 1. The van der Waals surface area contributed by atoms with Crippen LogP contribution in [-0.4, -0.2) is 50.4 Å². The number of urea groups is 1. The van der Waals surface area contributed by atoms with Crippen LogP contribution in [0, 0.1) is 6.92 Å². The van der Waals surface area contributed by atoms with Crippen molar-refractivity contribution in [2.24, 2.45) is 7.05 Å². The lowest BCUT2D eigenvalue weighted by Crippen LogP contribution is -2.35. The van der Waals surface area contributed by atoms with Gasteiger partial charge in [0.2, 0.25) is 5.91 Å². The molecule has 2 aromatic rings. The summed E-state index contributed by atoms with van der Waals surface area (Å²) in [5.41, 5.74) is 2.13. The largest absolute Gasteiger partial charge is 0.336 e. The van der Waals surface area contributed by atoms with Crippen molar-refractivity contribution in [1.82, 2.24) is 25.0 Å². The standard InChI is InChI=1S/C15H17N5O2S/c1-10-5-3-4-6-11(10)13-17-18-15(19(13)2)23-9-12(21)20-8-7-16-14(20)22/h3-6H,7-9H2,1-2H3,(H,16,22). The molecule has 1 N–H and O–H groups in total. The Morgan fingerprint density at radius 1 is 1.35 bits per heavy atom.